The van der Waals surface area contributed by atoms with E-state index in [0.29, 0.717) is 19.1 Å². The van der Waals surface area contributed by atoms with Crippen molar-refractivity contribution in [2.45, 2.75) is 71.4 Å². The Labute approximate surface area is 234 Å². The second kappa shape index (κ2) is 13.8. The van der Waals surface area contributed by atoms with Crippen LogP contribution < -0.4 is 15.5 Å². The van der Waals surface area contributed by atoms with Crippen molar-refractivity contribution in [1.82, 2.24) is 10.2 Å². The minimum atomic E-state index is -0.407. The van der Waals surface area contributed by atoms with Gasteiger partial charge in [-0.1, -0.05) is 25.1 Å². The Morgan fingerprint density at radius 3 is 2.59 bits per heavy atom. The van der Waals surface area contributed by atoms with Gasteiger partial charge in [-0.15, -0.1) is 0 Å². The summed E-state index contributed by atoms with van der Waals surface area (Å²) in [5, 5.41) is 6.11. The van der Waals surface area contributed by atoms with Crippen LogP contribution >= 0.6 is 0 Å². The van der Waals surface area contributed by atoms with Gasteiger partial charge in [0.1, 0.15) is 0 Å². The number of nitrogens with zero attached hydrogens (tertiary/aromatic N) is 2. The number of piperidine rings is 1. The molecule has 4 rings (SSSR count). The Hall–Kier alpha value is -3.06. The monoisotopic (exact) mass is 534 g/mol. The van der Waals surface area contributed by atoms with Crippen LogP contribution in [-0.4, -0.2) is 56.7 Å². The molecule has 212 valence electrons. The minimum absolute atomic E-state index is 0.0658. The summed E-state index contributed by atoms with van der Waals surface area (Å²) >= 11 is 0. The molecule has 0 unspecified atom stereocenters. The van der Waals surface area contributed by atoms with Crippen LogP contribution in [0.2, 0.25) is 0 Å². The highest BCUT2D eigenvalue weighted by Crippen LogP contribution is 2.30. The third-order valence-electron chi connectivity index (χ3n) is 8.38. The molecule has 2 fully saturated rings. The van der Waals surface area contributed by atoms with Crippen LogP contribution in [0.25, 0.3) is 0 Å². The van der Waals surface area contributed by atoms with E-state index < -0.39 is 6.09 Å². The number of benzene rings is 2. The Bertz CT molecular complexity index is 1110. The summed E-state index contributed by atoms with van der Waals surface area (Å²) in [5.74, 6) is 1.07. The Balaban J connectivity index is 1.25. The number of aryl methyl sites for hydroxylation is 1. The van der Waals surface area contributed by atoms with Gasteiger partial charge in [-0.2, -0.15) is 0 Å². The van der Waals surface area contributed by atoms with E-state index in [0.717, 1.165) is 55.1 Å². The number of anilines is 2. The fourth-order valence-electron chi connectivity index (χ4n) is 6.01. The van der Waals surface area contributed by atoms with Gasteiger partial charge in [0, 0.05) is 56.9 Å². The molecule has 2 N–H and O–H groups in total. The largest absolute Gasteiger partial charge is 0.449 e. The van der Waals surface area contributed by atoms with E-state index >= 15 is 0 Å². The van der Waals surface area contributed by atoms with E-state index in [9.17, 15) is 9.59 Å². The maximum atomic E-state index is 13.4. The number of amides is 2. The first kappa shape index (κ1) is 28.9. The molecule has 2 amide bonds. The van der Waals surface area contributed by atoms with Gasteiger partial charge in [0.25, 0.3) is 0 Å². The first-order valence-corrected chi connectivity index (χ1v) is 14.6. The summed E-state index contributed by atoms with van der Waals surface area (Å²) in [6.07, 6.45) is 6.63. The summed E-state index contributed by atoms with van der Waals surface area (Å²) in [7, 11) is 3.48. The zero-order valence-electron chi connectivity index (χ0n) is 24.2. The van der Waals surface area contributed by atoms with Crippen LogP contribution in [-0.2, 0) is 22.5 Å². The highest BCUT2D eigenvalue weighted by Gasteiger charge is 2.29. The van der Waals surface area contributed by atoms with Crippen molar-refractivity contribution in [1.29, 1.82) is 0 Å². The number of rotatable bonds is 9. The number of carbonyl (C=O) groups excluding carboxylic acids is 2. The van der Waals surface area contributed by atoms with Crippen LogP contribution in [0.4, 0.5) is 16.2 Å². The number of carbonyl (C=O) groups is 2. The highest BCUT2D eigenvalue weighted by molar-refractivity contribution is 5.94. The molecule has 1 atom stereocenters. The molecule has 7 nitrogen and oxygen atoms in total. The molecular weight excluding hydrogens is 488 g/mol. The smallest absolute Gasteiger partial charge is 0.406 e. The predicted molar refractivity (Wildman–Crippen MR) is 158 cm³/mol. The average Bonchev–Trinajstić information content (AvgIpc) is 2.94. The second-order valence-electron chi connectivity index (χ2n) is 11.5. The Morgan fingerprint density at radius 2 is 1.87 bits per heavy atom. The van der Waals surface area contributed by atoms with Gasteiger partial charge in [0.15, 0.2) is 0 Å². The number of likely N-dealkylation sites (tertiary alicyclic amines) is 1. The molecule has 0 radical (unpaired) electrons. The zero-order chi connectivity index (χ0) is 27.8. The lowest BCUT2D eigenvalue weighted by Crippen LogP contribution is -2.37. The summed E-state index contributed by atoms with van der Waals surface area (Å²) < 4.78 is 5.11. The van der Waals surface area contributed by atoms with Gasteiger partial charge in [-0.05, 0) is 98.9 Å². The van der Waals surface area contributed by atoms with Crippen molar-refractivity contribution in [2.75, 3.05) is 44.0 Å². The first-order chi connectivity index (χ1) is 18.8. The van der Waals surface area contributed by atoms with Crippen LogP contribution in [0.5, 0.6) is 0 Å². The average molecular weight is 535 g/mol. The summed E-state index contributed by atoms with van der Waals surface area (Å²) in [6, 6.07) is 15.1. The zero-order valence-corrected chi connectivity index (χ0v) is 24.2. The van der Waals surface area contributed by atoms with Crippen LogP contribution in [0, 0.1) is 18.8 Å². The molecule has 0 spiro atoms. The van der Waals surface area contributed by atoms with Gasteiger partial charge >= 0.3 is 6.09 Å². The maximum Gasteiger partial charge on any atom is 0.406 e. The minimum Gasteiger partial charge on any atom is -0.449 e. The quantitative estimate of drug-likeness (QED) is 0.428. The molecule has 1 saturated carbocycles. The molecule has 0 bridgehead atoms. The van der Waals surface area contributed by atoms with Gasteiger partial charge in [-0.3, -0.25) is 9.69 Å². The van der Waals surface area contributed by atoms with Gasteiger partial charge < -0.3 is 20.3 Å². The fraction of sp³-hybridized carbons (Fsp3) is 0.562. The van der Waals surface area contributed by atoms with E-state index in [1.807, 2.05) is 24.1 Å². The van der Waals surface area contributed by atoms with Gasteiger partial charge in [0.05, 0.1) is 6.61 Å². The summed E-state index contributed by atoms with van der Waals surface area (Å²) in [6.45, 7) is 8.23. The molecule has 2 aromatic rings. The lowest BCUT2D eigenvalue weighted by Gasteiger charge is -2.32. The Kier molecular flexibility index (Phi) is 10.3. The normalized spacial score (nSPS) is 21.7. The molecule has 39 heavy (non-hydrogen) atoms. The predicted octanol–water partition coefficient (Wildman–Crippen LogP) is 5.76. The number of hydrogen-bond acceptors (Lipinski definition) is 5. The van der Waals surface area contributed by atoms with Crippen LogP contribution in [0.15, 0.2) is 42.5 Å². The molecule has 7 heteroatoms. The molecule has 1 aliphatic carbocycles. The first-order valence-electron chi connectivity index (χ1n) is 14.6. The van der Waals surface area contributed by atoms with E-state index in [1.165, 1.54) is 37.1 Å². The van der Waals surface area contributed by atoms with Gasteiger partial charge in [0.2, 0.25) is 5.91 Å². The van der Waals surface area contributed by atoms with Crippen LogP contribution in [0.3, 0.4) is 0 Å². The topological polar surface area (TPSA) is 73.9 Å². The lowest BCUT2D eigenvalue weighted by atomic mass is 9.85. The van der Waals surface area contributed by atoms with Crippen LogP contribution in [0.1, 0.15) is 62.1 Å². The summed E-state index contributed by atoms with van der Waals surface area (Å²) in [5.41, 5.74) is 5.82. The molecule has 1 aliphatic heterocycles. The highest BCUT2D eigenvalue weighted by atomic mass is 16.5. The van der Waals surface area contributed by atoms with Crippen molar-refractivity contribution in [2.24, 2.45) is 11.8 Å². The van der Waals surface area contributed by atoms with Crippen molar-refractivity contribution >= 4 is 23.4 Å². The van der Waals surface area contributed by atoms with Crippen molar-refractivity contribution < 1.29 is 14.3 Å². The maximum absolute atomic E-state index is 13.4. The molecule has 2 aromatic carbocycles. The van der Waals surface area contributed by atoms with Crippen molar-refractivity contribution in [3.8, 4) is 0 Å². The van der Waals surface area contributed by atoms with E-state index in [-0.39, 0.29) is 11.8 Å². The van der Waals surface area contributed by atoms with E-state index in [2.05, 4.69) is 59.7 Å². The third-order valence-corrected chi connectivity index (χ3v) is 8.38. The standard InChI is InChI=1S/C32H46N4O3/c1-23-7-6-17-36(21-23)22-27-12-15-30(19-24(27)2)35(4)31(37)26-10-13-28(14-11-26)34-29-9-5-8-25(20-29)16-18-39-32(38)33-3/h5,8-9,12,15,19-20,23,26,28,34H,6-7,10-11,13-14,16-18,21-22H2,1-4H3,(H,33,38)/t23-,26?,28?/m1/s1. The molecule has 2 aliphatic rings. The number of nitrogens with one attached hydrogen (secondary N) is 2. The van der Waals surface area contributed by atoms with E-state index in [4.69, 9.17) is 4.74 Å². The number of alkyl carbamates (subject to hydrolysis) is 1. The van der Waals surface area contributed by atoms with Gasteiger partial charge in [-0.25, -0.2) is 4.79 Å². The second-order valence-corrected chi connectivity index (χ2v) is 11.5. The molecule has 1 heterocycles. The summed E-state index contributed by atoms with van der Waals surface area (Å²) in [4.78, 5) is 29.1. The van der Waals surface area contributed by atoms with E-state index in [1.54, 1.807) is 7.05 Å². The number of hydrogen-bond donors (Lipinski definition) is 2. The number of ether oxygens (including phenoxy) is 1. The molecule has 0 aromatic heterocycles. The Morgan fingerprint density at radius 1 is 1.08 bits per heavy atom. The molecule has 1 saturated heterocycles. The fourth-order valence-corrected chi connectivity index (χ4v) is 6.01. The van der Waals surface area contributed by atoms with Crippen molar-refractivity contribution in [3.05, 3.63) is 59.2 Å². The third kappa shape index (κ3) is 8.21. The molecular formula is C32H46N4O3. The SMILES string of the molecule is CNC(=O)OCCc1cccc(NC2CCC(C(=O)N(C)c3ccc(CN4CCC[C@@H](C)C4)c(C)c3)CC2)c1. The lowest BCUT2D eigenvalue weighted by molar-refractivity contribution is -0.123. The van der Waals surface area contributed by atoms with Crippen molar-refractivity contribution in [3.63, 3.8) is 0 Å².